The number of anilines is 1. The van der Waals surface area contributed by atoms with Gasteiger partial charge in [0, 0.05) is 28.7 Å². The normalized spacial score (nSPS) is 10.7. The third-order valence-corrected chi connectivity index (χ3v) is 4.60. The number of ether oxygens (including phenoxy) is 2. The predicted molar refractivity (Wildman–Crippen MR) is 107 cm³/mol. The Morgan fingerprint density at radius 3 is 2.20 bits per heavy atom. The quantitative estimate of drug-likeness (QED) is 0.605. The number of methoxy groups -OCH3 is 2. The first kappa shape index (κ1) is 20.8. The van der Waals surface area contributed by atoms with Gasteiger partial charge in [0.05, 0.1) is 31.8 Å². The molecule has 10 heteroatoms. The number of carbonyl (C=O) groups excluding carboxylic acids is 3. The highest BCUT2D eigenvalue weighted by molar-refractivity contribution is 5.99. The standard InChI is InChI=1S/C20H20N4O6/c1-10-15(11(2)24-16(21-10)9-18(26)23-24)8-17(25)22-14-6-12(19(27)29-3)5-13(7-14)20(28)30-4/h5-7,9H,8H2,1-4H3,(H,22,25)(H,23,26). The lowest BCUT2D eigenvalue weighted by Gasteiger charge is -2.13. The van der Waals surface area contributed by atoms with Gasteiger partial charge in [-0.25, -0.2) is 19.1 Å². The molecule has 0 radical (unpaired) electrons. The zero-order valence-electron chi connectivity index (χ0n) is 16.9. The number of carbonyl (C=O) groups is 3. The molecule has 0 saturated heterocycles. The van der Waals surface area contributed by atoms with Crippen LogP contribution in [-0.2, 0) is 20.7 Å². The Morgan fingerprint density at radius 1 is 1.03 bits per heavy atom. The van der Waals surface area contributed by atoms with Crippen molar-refractivity contribution >= 4 is 29.2 Å². The molecule has 1 amide bonds. The van der Waals surface area contributed by atoms with Crippen LogP contribution >= 0.6 is 0 Å². The van der Waals surface area contributed by atoms with Crippen LogP contribution in [0.25, 0.3) is 5.65 Å². The number of aryl methyl sites for hydroxylation is 2. The maximum atomic E-state index is 12.7. The second-order valence-corrected chi connectivity index (χ2v) is 6.58. The Kier molecular flexibility index (Phi) is 5.67. The summed E-state index contributed by atoms with van der Waals surface area (Å²) in [4.78, 5) is 52.4. The van der Waals surface area contributed by atoms with Crippen molar-refractivity contribution in [2.75, 3.05) is 19.5 Å². The fraction of sp³-hybridized carbons (Fsp3) is 0.250. The van der Waals surface area contributed by atoms with E-state index in [0.29, 0.717) is 22.6 Å². The summed E-state index contributed by atoms with van der Waals surface area (Å²) in [5, 5.41) is 5.31. The van der Waals surface area contributed by atoms with Crippen LogP contribution in [0.4, 0.5) is 5.69 Å². The molecule has 2 N–H and O–H groups in total. The van der Waals surface area contributed by atoms with E-state index in [9.17, 15) is 19.2 Å². The highest BCUT2D eigenvalue weighted by Gasteiger charge is 2.17. The lowest BCUT2D eigenvalue weighted by molar-refractivity contribution is -0.115. The summed E-state index contributed by atoms with van der Waals surface area (Å²) >= 11 is 0. The molecule has 156 valence electrons. The van der Waals surface area contributed by atoms with Gasteiger partial charge in [0.25, 0.3) is 5.56 Å². The number of nitrogens with zero attached hydrogens (tertiary/aromatic N) is 2. The van der Waals surface area contributed by atoms with Gasteiger partial charge in [-0.1, -0.05) is 0 Å². The molecule has 0 spiro atoms. The molecule has 30 heavy (non-hydrogen) atoms. The van der Waals surface area contributed by atoms with Crippen LogP contribution in [0.5, 0.6) is 0 Å². The van der Waals surface area contributed by atoms with Crippen LogP contribution in [-0.4, -0.2) is 46.7 Å². The summed E-state index contributed by atoms with van der Waals surface area (Å²) in [6, 6.07) is 5.50. The van der Waals surface area contributed by atoms with Crippen molar-refractivity contribution in [1.82, 2.24) is 14.6 Å². The molecular formula is C20H20N4O6. The van der Waals surface area contributed by atoms with Gasteiger partial charge in [0.15, 0.2) is 5.65 Å². The Balaban J connectivity index is 1.91. The Bertz CT molecular complexity index is 1190. The first-order valence-electron chi connectivity index (χ1n) is 8.93. The highest BCUT2D eigenvalue weighted by Crippen LogP contribution is 2.19. The number of benzene rings is 1. The minimum absolute atomic E-state index is 0.0309. The molecule has 3 aromatic rings. The highest BCUT2D eigenvalue weighted by atomic mass is 16.5. The number of fused-ring (bicyclic) bond motifs is 1. The van der Waals surface area contributed by atoms with E-state index >= 15 is 0 Å². The summed E-state index contributed by atoms with van der Waals surface area (Å²) in [6.07, 6.45) is -0.0309. The third kappa shape index (κ3) is 4.07. The topological polar surface area (TPSA) is 132 Å². The van der Waals surface area contributed by atoms with Gasteiger partial charge in [0.2, 0.25) is 5.91 Å². The average molecular weight is 412 g/mol. The smallest absolute Gasteiger partial charge is 0.337 e. The molecule has 0 unspecified atom stereocenters. The maximum Gasteiger partial charge on any atom is 0.337 e. The number of H-pyrrole nitrogens is 1. The van der Waals surface area contributed by atoms with Crippen molar-refractivity contribution in [2.45, 2.75) is 20.3 Å². The first-order chi connectivity index (χ1) is 14.2. The van der Waals surface area contributed by atoms with Crippen LogP contribution in [0, 0.1) is 13.8 Å². The molecule has 3 rings (SSSR count). The summed E-state index contributed by atoms with van der Waals surface area (Å²) in [7, 11) is 2.43. The van der Waals surface area contributed by atoms with Crippen molar-refractivity contribution in [1.29, 1.82) is 0 Å². The van der Waals surface area contributed by atoms with Gasteiger partial charge in [-0.15, -0.1) is 0 Å². The first-order valence-corrected chi connectivity index (χ1v) is 8.93. The van der Waals surface area contributed by atoms with Gasteiger partial charge in [0.1, 0.15) is 0 Å². The van der Waals surface area contributed by atoms with Crippen LogP contribution in [0.2, 0.25) is 0 Å². The van der Waals surface area contributed by atoms with Gasteiger partial charge < -0.3 is 14.8 Å². The lowest BCUT2D eigenvalue weighted by Crippen LogP contribution is -2.18. The molecule has 0 aliphatic heterocycles. The minimum atomic E-state index is -0.658. The molecule has 0 fully saturated rings. The Labute approximate surface area is 170 Å². The molecule has 2 aromatic heterocycles. The zero-order valence-corrected chi connectivity index (χ0v) is 16.9. The van der Waals surface area contributed by atoms with E-state index in [2.05, 4.69) is 15.4 Å². The van der Waals surface area contributed by atoms with E-state index in [0.717, 1.165) is 0 Å². The number of aromatic amines is 1. The number of nitrogens with one attached hydrogen (secondary N) is 2. The van der Waals surface area contributed by atoms with Crippen LogP contribution in [0.3, 0.4) is 0 Å². The number of esters is 2. The molecule has 1 aromatic carbocycles. The van der Waals surface area contributed by atoms with Crippen LogP contribution < -0.4 is 10.9 Å². The summed E-state index contributed by atoms with van der Waals surface area (Å²) in [5.74, 6) is -1.71. The SMILES string of the molecule is COC(=O)c1cc(NC(=O)Cc2c(C)nc3cc(=O)[nH]n3c2C)cc(C(=O)OC)c1. The Hall–Kier alpha value is -3.95. The zero-order chi connectivity index (χ0) is 22.0. The number of amides is 1. The van der Waals surface area contributed by atoms with Crippen molar-refractivity contribution in [3.8, 4) is 0 Å². The average Bonchev–Trinajstić information content (AvgIpc) is 3.09. The van der Waals surface area contributed by atoms with Gasteiger partial charge in [-0.2, -0.15) is 0 Å². The van der Waals surface area contributed by atoms with Crippen molar-refractivity contribution < 1.29 is 23.9 Å². The fourth-order valence-electron chi connectivity index (χ4n) is 3.15. The second kappa shape index (κ2) is 8.19. The number of hydrogen-bond donors (Lipinski definition) is 2. The van der Waals surface area contributed by atoms with E-state index in [1.807, 2.05) is 0 Å². The summed E-state index contributed by atoms with van der Waals surface area (Å²) in [5.41, 5.74) is 2.53. The predicted octanol–water partition coefficient (Wildman–Crippen LogP) is 1.39. The van der Waals surface area contributed by atoms with Crippen molar-refractivity contribution in [2.24, 2.45) is 0 Å². The van der Waals surface area contributed by atoms with E-state index in [4.69, 9.17) is 9.47 Å². The van der Waals surface area contributed by atoms with Crippen molar-refractivity contribution in [3.05, 3.63) is 62.7 Å². The molecule has 2 heterocycles. The van der Waals surface area contributed by atoms with E-state index in [1.54, 1.807) is 13.8 Å². The third-order valence-electron chi connectivity index (χ3n) is 4.60. The largest absolute Gasteiger partial charge is 0.465 e. The Morgan fingerprint density at radius 2 is 1.63 bits per heavy atom. The number of rotatable bonds is 5. The second-order valence-electron chi connectivity index (χ2n) is 6.58. The van der Waals surface area contributed by atoms with Gasteiger partial charge >= 0.3 is 11.9 Å². The molecule has 0 aliphatic carbocycles. The van der Waals surface area contributed by atoms with Crippen LogP contribution in [0.1, 0.15) is 37.7 Å². The maximum absolute atomic E-state index is 12.7. The van der Waals surface area contributed by atoms with Crippen molar-refractivity contribution in [3.63, 3.8) is 0 Å². The summed E-state index contributed by atoms with van der Waals surface area (Å²) < 4.78 is 10.9. The molecule has 0 saturated carbocycles. The molecule has 0 bridgehead atoms. The summed E-state index contributed by atoms with van der Waals surface area (Å²) in [6.45, 7) is 3.52. The molecule has 0 aliphatic rings. The number of aromatic nitrogens is 3. The van der Waals surface area contributed by atoms with Gasteiger partial charge in [-0.3, -0.25) is 14.7 Å². The molecule has 0 atom stereocenters. The number of hydrogen-bond acceptors (Lipinski definition) is 7. The van der Waals surface area contributed by atoms with E-state index < -0.39 is 17.8 Å². The van der Waals surface area contributed by atoms with E-state index in [-0.39, 0.29) is 28.8 Å². The molecular weight excluding hydrogens is 392 g/mol. The minimum Gasteiger partial charge on any atom is -0.465 e. The van der Waals surface area contributed by atoms with Gasteiger partial charge in [-0.05, 0) is 32.0 Å². The molecule has 10 nitrogen and oxygen atoms in total. The fourth-order valence-corrected chi connectivity index (χ4v) is 3.15. The van der Waals surface area contributed by atoms with Crippen LogP contribution in [0.15, 0.2) is 29.1 Å². The monoisotopic (exact) mass is 412 g/mol. The lowest BCUT2D eigenvalue weighted by atomic mass is 10.1. The van der Waals surface area contributed by atoms with E-state index in [1.165, 1.54) is 43.0 Å².